The Bertz CT molecular complexity index is 1090. The number of benzene rings is 2. The molecule has 1 aliphatic carbocycles. The molecule has 2 aromatic carbocycles. The van der Waals surface area contributed by atoms with E-state index in [1.165, 1.54) is 23.1 Å². The van der Waals surface area contributed by atoms with Crippen LogP contribution in [0, 0.1) is 0 Å². The van der Waals surface area contributed by atoms with Gasteiger partial charge in [0.1, 0.15) is 12.4 Å². The summed E-state index contributed by atoms with van der Waals surface area (Å²) < 4.78 is 33.1. The number of sulfonamides is 1. The summed E-state index contributed by atoms with van der Waals surface area (Å²) in [6.45, 7) is 6.30. The van der Waals surface area contributed by atoms with E-state index in [-0.39, 0.29) is 23.8 Å². The van der Waals surface area contributed by atoms with Crippen LogP contribution in [0.2, 0.25) is 5.02 Å². The number of hydrogen-bond donors (Lipinski definition) is 3. The van der Waals surface area contributed by atoms with Gasteiger partial charge >= 0.3 is 0 Å². The predicted octanol–water partition coefficient (Wildman–Crippen LogP) is 4.34. The molecule has 4 rings (SSSR count). The average molecular weight is 520 g/mol. The first-order chi connectivity index (χ1) is 16.8. The maximum Gasteiger partial charge on any atom is 0.211 e. The fraction of sp³-hybridized carbons (Fsp3) is 0.556. The van der Waals surface area contributed by atoms with Gasteiger partial charge in [0.15, 0.2) is 0 Å². The molecule has 1 aliphatic heterocycles. The number of ether oxygens (including phenoxy) is 1. The van der Waals surface area contributed by atoms with Gasteiger partial charge in [-0.15, -0.1) is 0 Å². The molecule has 1 unspecified atom stereocenters. The Morgan fingerprint density at radius 2 is 1.91 bits per heavy atom. The topological polar surface area (TPSA) is 79.5 Å². The molecule has 2 aromatic rings. The monoisotopic (exact) mass is 519 g/mol. The minimum atomic E-state index is -3.30. The second-order valence-corrected chi connectivity index (χ2v) is 12.4. The SMILES string of the molecule is CC(C)NCCCS(=O)(=O)NCCOc1ccc2c(c1)C(C1(c3ccc(Cl)cc3)CCC1)NCC2. The molecule has 1 heterocycles. The van der Waals surface area contributed by atoms with Crippen LogP contribution >= 0.6 is 11.6 Å². The van der Waals surface area contributed by atoms with E-state index in [1.54, 1.807) is 0 Å². The van der Waals surface area contributed by atoms with Crippen molar-refractivity contribution >= 4 is 21.6 Å². The Hall–Kier alpha value is -1.64. The quantitative estimate of drug-likeness (QED) is 0.364. The highest BCUT2D eigenvalue weighted by Crippen LogP contribution is 2.53. The molecular formula is C27H38ClN3O3S. The molecule has 192 valence electrons. The summed E-state index contributed by atoms with van der Waals surface area (Å²) in [5.41, 5.74) is 4.06. The van der Waals surface area contributed by atoms with E-state index in [0.717, 1.165) is 36.6 Å². The molecule has 1 saturated carbocycles. The van der Waals surface area contributed by atoms with Gasteiger partial charge in [-0.05, 0) is 79.7 Å². The van der Waals surface area contributed by atoms with Crippen LogP contribution in [-0.2, 0) is 21.9 Å². The van der Waals surface area contributed by atoms with Crippen molar-refractivity contribution in [3.63, 3.8) is 0 Å². The molecule has 0 bridgehead atoms. The third-order valence-electron chi connectivity index (χ3n) is 7.22. The number of fused-ring (bicyclic) bond motifs is 1. The van der Waals surface area contributed by atoms with Crippen LogP contribution in [-0.4, -0.2) is 46.5 Å². The second kappa shape index (κ2) is 11.6. The Morgan fingerprint density at radius 1 is 1.14 bits per heavy atom. The first-order valence-electron chi connectivity index (χ1n) is 12.7. The van der Waals surface area contributed by atoms with Crippen molar-refractivity contribution in [1.82, 2.24) is 15.4 Å². The van der Waals surface area contributed by atoms with Gasteiger partial charge in [-0.3, -0.25) is 0 Å². The highest BCUT2D eigenvalue weighted by atomic mass is 35.5. The van der Waals surface area contributed by atoms with Gasteiger partial charge in [-0.1, -0.05) is 50.1 Å². The van der Waals surface area contributed by atoms with Crippen LogP contribution in [0.5, 0.6) is 5.75 Å². The van der Waals surface area contributed by atoms with Crippen molar-refractivity contribution < 1.29 is 13.2 Å². The molecule has 35 heavy (non-hydrogen) atoms. The highest BCUT2D eigenvalue weighted by molar-refractivity contribution is 7.89. The zero-order valence-electron chi connectivity index (χ0n) is 20.8. The molecule has 8 heteroatoms. The fourth-order valence-electron chi connectivity index (χ4n) is 5.29. The second-order valence-electron chi connectivity index (χ2n) is 10.0. The lowest BCUT2D eigenvalue weighted by molar-refractivity contribution is 0.164. The lowest BCUT2D eigenvalue weighted by Crippen LogP contribution is -2.49. The summed E-state index contributed by atoms with van der Waals surface area (Å²) in [5, 5.41) is 7.79. The van der Waals surface area contributed by atoms with Crippen LogP contribution in [0.4, 0.5) is 0 Å². The molecule has 3 N–H and O–H groups in total. The zero-order chi connectivity index (χ0) is 24.9. The zero-order valence-corrected chi connectivity index (χ0v) is 22.4. The van der Waals surface area contributed by atoms with Crippen molar-refractivity contribution in [2.45, 2.75) is 63.5 Å². The Kier molecular flexibility index (Phi) is 8.76. The van der Waals surface area contributed by atoms with Crippen LogP contribution in [0.25, 0.3) is 0 Å². The van der Waals surface area contributed by atoms with Crippen LogP contribution < -0.4 is 20.1 Å². The van der Waals surface area contributed by atoms with E-state index in [1.807, 2.05) is 32.0 Å². The standard InChI is InChI=1S/C27H38ClN3O3S/c1-20(2)29-14-4-18-35(32,33)31-16-17-34-24-10-5-21-11-15-30-26(25(21)19-24)27(12-3-13-27)22-6-8-23(28)9-7-22/h5-10,19-20,26,29-31H,3-4,11-18H2,1-2H3. The summed E-state index contributed by atoms with van der Waals surface area (Å²) in [4.78, 5) is 0. The molecule has 0 spiro atoms. The Balaban J connectivity index is 1.37. The van der Waals surface area contributed by atoms with Crippen molar-refractivity contribution in [1.29, 1.82) is 0 Å². The summed E-state index contributed by atoms with van der Waals surface area (Å²) in [5.74, 6) is 0.898. The highest BCUT2D eigenvalue weighted by Gasteiger charge is 2.47. The van der Waals surface area contributed by atoms with Gasteiger partial charge in [-0.25, -0.2) is 13.1 Å². The minimum Gasteiger partial charge on any atom is -0.492 e. The van der Waals surface area contributed by atoms with E-state index >= 15 is 0 Å². The third-order valence-corrected chi connectivity index (χ3v) is 8.95. The summed E-state index contributed by atoms with van der Waals surface area (Å²) in [6.07, 6.45) is 5.09. The smallest absolute Gasteiger partial charge is 0.211 e. The molecular weight excluding hydrogens is 482 g/mol. The van der Waals surface area contributed by atoms with Crippen molar-refractivity contribution in [3.8, 4) is 5.75 Å². The molecule has 0 radical (unpaired) electrons. The first kappa shape index (κ1) is 26.4. The van der Waals surface area contributed by atoms with Crippen molar-refractivity contribution in [2.24, 2.45) is 0 Å². The van der Waals surface area contributed by atoms with Gasteiger partial charge in [0.05, 0.1) is 5.75 Å². The normalized spacial score (nSPS) is 19.3. The molecule has 1 fully saturated rings. The molecule has 1 atom stereocenters. The maximum atomic E-state index is 12.2. The van der Waals surface area contributed by atoms with E-state index in [0.29, 0.717) is 25.6 Å². The largest absolute Gasteiger partial charge is 0.492 e. The van der Waals surface area contributed by atoms with Crippen molar-refractivity contribution in [2.75, 3.05) is 32.0 Å². The fourth-order valence-corrected chi connectivity index (χ4v) is 6.48. The lowest BCUT2D eigenvalue weighted by atomic mass is 9.58. The predicted molar refractivity (Wildman–Crippen MR) is 143 cm³/mol. The number of rotatable bonds is 12. The Labute approximate surface area is 215 Å². The first-order valence-corrected chi connectivity index (χ1v) is 14.8. The van der Waals surface area contributed by atoms with Gasteiger partial charge in [-0.2, -0.15) is 0 Å². The summed E-state index contributed by atoms with van der Waals surface area (Å²) in [6, 6.07) is 15.2. The van der Waals surface area contributed by atoms with Crippen LogP contribution in [0.15, 0.2) is 42.5 Å². The molecule has 0 saturated heterocycles. The van der Waals surface area contributed by atoms with E-state index < -0.39 is 10.0 Å². The van der Waals surface area contributed by atoms with Crippen molar-refractivity contribution in [3.05, 3.63) is 64.2 Å². The maximum absolute atomic E-state index is 12.2. The molecule has 0 aromatic heterocycles. The number of nitrogens with one attached hydrogen (secondary N) is 3. The van der Waals surface area contributed by atoms with Gasteiger partial charge in [0.2, 0.25) is 10.0 Å². The Morgan fingerprint density at radius 3 is 2.60 bits per heavy atom. The number of hydrogen-bond acceptors (Lipinski definition) is 5. The average Bonchev–Trinajstić information content (AvgIpc) is 2.80. The third kappa shape index (κ3) is 6.57. The van der Waals surface area contributed by atoms with Crippen LogP contribution in [0.3, 0.4) is 0 Å². The molecule has 2 aliphatic rings. The number of halogens is 1. The van der Waals surface area contributed by atoms with Crippen LogP contribution in [0.1, 0.15) is 62.3 Å². The van der Waals surface area contributed by atoms with Gasteiger partial charge in [0.25, 0.3) is 0 Å². The van der Waals surface area contributed by atoms with E-state index in [4.69, 9.17) is 16.3 Å². The molecule has 6 nitrogen and oxygen atoms in total. The van der Waals surface area contributed by atoms with E-state index in [2.05, 4.69) is 39.6 Å². The minimum absolute atomic E-state index is 0.0679. The molecule has 0 amide bonds. The van der Waals surface area contributed by atoms with Gasteiger partial charge < -0.3 is 15.4 Å². The van der Waals surface area contributed by atoms with Gasteiger partial charge in [0, 0.05) is 29.1 Å². The van der Waals surface area contributed by atoms with E-state index in [9.17, 15) is 8.42 Å². The summed E-state index contributed by atoms with van der Waals surface area (Å²) in [7, 11) is -3.30. The summed E-state index contributed by atoms with van der Waals surface area (Å²) >= 11 is 6.16. The lowest BCUT2D eigenvalue weighted by Gasteiger charge is -2.50.